The summed E-state index contributed by atoms with van der Waals surface area (Å²) in [6.45, 7) is 2.57. The fourth-order valence-electron chi connectivity index (χ4n) is 2.53. The van der Waals surface area contributed by atoms with Gasteiger partial charge in [0.05, 0.1) is 5.41 Å². The molecule has 0 aliphatic heterocycles. The van der Waals surface area contributed by atoms with Crippen molar-refractivity contribution in [3.63, 3.8) is 0 Å². The van der Waals surface area contributed by atoms with Gasteiger partial charge < -0.3 is 16.0 Å². The van der Waals surface area contributed by atoms with Crippen LogP contribution in [0.4, 0.5) is 0 Å². The molecule has 0 aromatic rings. The molecule has 1 saturated carbocycles. The molecule has 2 amide bonds. The lowest BCUT2D eigenvalue weighted by atomic mass is 9.84. The van der Waals surface area contributed by atoms with Crippen LogP contribution in [0.25, 0.3) is 0 Å². The van der Waals surface area contributed by atoms with E-state index in [-0.39, 0.29) is 17.7 Å². The summed E-state index contributed by atoms with van der Waals surface area (Å²) in [5.41, 5.74) is 5.07. The first-order valence-corrected chi connectivity index (χ1v) is 6.62. The number of carbonyl (C=O) groups excluding carboxylic acids is 2. The van der Waals surface area contributed by atoms with Gasteiger partial charge in [0.25, 0.3) is 0 Å². The first-order valence-electron chi connectivity index (χ1n) is 6.62. The van der Waals surface area contributed by atoms with E-state index >= 15 is 0 Å². The zero-order valence-corrected chi connectivity index (χ0v) is 11.7. The fourth-order valence-corrected chi connectivity index (χ4v) is 2.53. The lowest BCUT2D eigenvalue weighted by molar-refractivity contribution is -0.139. The normalized spacial score (nSPS) is 19.3. The van der Waals surface area contributed by atoms with E-state index in [0.29, 0.717) is 13.1 Å². The SMILES string of the molecule is CC(CN)C(=O)NCC1(C(=O)N(C)C)CCCC1. The Labute approximate surface area is 109 Å². The highest BCUT2D eigenvalue weighted by Gasteiger charge is 2.42. The Kier molecular flexibility index (Phi) is 5.14. The molecule has 104 valence electrons. The largest absolute Gasteiger partial charge is 0.355 e. The van der Waals surface area contributed by atoms with Crippen molar-refractivity contribution in [2.45, 2.75) is 32.6 Å². The zero-order chi connectivity index (χ0) is 13.8. The van der Waals surface area contributed by atoms with Gasteiger partial charge in [-0.25, -0.2) is 0 Å². The van der Waals surface area contributed by atoms with Crippen molar-refractivity contribution in [2.75, 3.05) is 27.2 Å². The van der Waals surface area contributed by atoms with E-state index in [2.05, 4.69) is 5.32 Å². The Hall–Kier alpha value is -1.10. The zero-order valence-electron chi connectivity index (χ0n) is 11.7. The highest BCUT2D eigenvalue weighted by molar-refractivity contribution is 5.84. The average molecular weight is 255 g/mol. The standard InChI is InChI=1S/C13H25N3O2/c1-10(8-14)11(17)15-9-13(6-4-5-7-13)12(18)16(2)3/h10H,4-9,14H2,1-3H3,(H,15,17). The number of nitrogens with one attached hydrogen (secondary N) is 1. The van der Waals surface area contributed by atoms with Crippen molar-refractivity contribution < 1.29 is 9.59 Å². The van der Waals surface area contributed by atoms with Crippen molar-refractivity contribution >= 4 is 11.8 Å². The van der Waals surface area contributed by atoms with E-state index in [1.54, 1.807) is 25.9 Å². The summed E-state index contributed by atoms with van der Waals surface area (Å²) in [5.74, 6) is -0.131. The molecule has 5 nitrogen and oxygen atoms in total. The van der Waals surface area contributed by atoms with Crippen molar-refractivity contribution in [3.8, 4) is 0 Å². The van der Waals surface area contributed by atoms with Gasteiger partial charge in [0.1, 0.15) is 0 Å². The number of amides is 2. The van der Waals surface area contributed by atoms with E-state index in [9.17, 15) is 9.59 Å². The van der Waals surface area contributed by atoms with Crippen molar-refractivity contribution in [1.82, 2.24) is 10.2 Å². The van der Waals surface area contributed by atoms with E-state index in [1.807, 2.05) is 0 Å². The predicted octanol–water partition coefficient (Wildman–Crippen LogP) is 0.346. The molecule has 1 aliphatic carbocycles. The van der Waals surface area contributed by atoms with Crippen LogP contribution in [0.5, 0.6) is 0 Å². The smallest absolute Gasteiger partial charge is 0.230 e. The van der Waals surface area contributed by atoms with E-state index in [1.165, 1.54) is 0 Å². The molecule has 3 N–H and O–H groups in total. The molecular formula is C13H25N3O2. The molecule has 1 atom stereocenters. The van der Waals surface area contributed by atoms with Gasteiger partial charge >= 0.3 is 0 Å². The van der Waals surface area contributed by atoms with Crippen LogP contribution in [-0.4, -0.2) is 43.9 Å². The lowest BCUT2D eigenvalue weighted by Gasteiger charge is -2.31. The van der Waals surface area contributed by atoms with Crippen LogP contribution in [0.2, 0.25) is 0 Å². The third-order valence-electron chi connectivity index (χ3n) is 3.82. The summed E-state index contributed by atoms with van der Waals surface area (Å²) < 4.78 is 0. The first-order chi connectivity index (χ1) is 8.43. The summed E-state index contributed by atoms with van der Waals surface area (Å²) in [4.78, 5) is 25.6. The fraction of sp³-hybridized carbons (Fsp3) is 0.846. The molecule has 1 rings (SSSR count). The predicted molar refractivity (Wildman–Crippen MR) is 70.8 cm³/mol. The Morgan fingerprint density at radius 1 is 1.33 bits per heavy atom. The molecule has 0 bridgehead atoms. The molecule has 0 aromatic heterocycles. The summed E-state index contributed by atoms with van der Waals surface area (Å²) in [6.07, 6.45) is 3.84. The number of carbonyl (C=O) groups is 2. The van der Waals surface area contributed by atoms with E-state index < -0.39 is 5.41 Å². The van der Waals surface area contributed by atoms with E-state index in [4.69, 9.17) is 5.73 Å². The highest BCUT2D eigenvalue weighted by atomic mass is 16.2. The second kappa shape index (κ2) is 6.18. The van der Waals surface area contributed by atoms with Gasteiger partial charge in [0, 0.05) is 33.1 Å². The summed E-state index contributed by atoms with van der Waals surface area (Å²) in [6, 6.07) is 0. The molecule has 0 saturated heterocycles. The second-order valence-electron chi connectivity index (χ2n) is 5.54. The second-order valence-corrected chi connectivity index (χ2v) is 5.54. The van der Waals surface area contributed by atoms with Gasteiger partial charge in [-0.3, -0.25) is 9.59 Å². The van der Waals surface area contributed by atoms with Crippen LogP contribution in [0.15, 0.2) is 0 Å². The quantitative estimate of drug-likeness (QED) is 0.744. The molecule has 1 aliphatic rings. The summed E-state index contributed by atoms with van der Waals surface area (Å²) >= 11 is 0. The third kappa shape index (κ3) is 3.22. The molecule has 18 heavy (non-hydrogen) atoms. The Morgan fingerprint density at radius 3 is 2.33 bits per heavy atom. The highest BCUT2D eigenvalue weighted by Crippen LogP contribution is 2.38. The Bertz CT molecular complexity index is 309. The Morgan fingerprint density at radius 2 is 1.89 bits per heavy atom. The molecular weight excluding hydrogens is 230 g/mol. The minimum atomic E-state index is -0.395. The van der Waals surface area contributed by atoms with Crippen LogP contribution in [0.1, 0.15) is 32.6 Å². The van der Waals surface area contributed by atoms with Gasteiger partial charge in [0.15, 0.2) is 0 Å². The molecule has 1 unspecified atom stereocenters. The number of hydrogen-bond acceptors (Lipinski definition) is 3. The van der Waals surface area contributed by atoms with Crippen molar-refractivity contribution in [2.24, 2.45) is 17.1 Å². The minimum absolute atomic E-state index is 0.0599. The number of rotatable bonds is 5. The molecule has 0 radical (unpaired) electrons. The molecule has 0 aromatic carbocycles. The average Bonchev–Trinajstić information content (AvgIpc) is 2.83. The summed E-state index contributed by atoms with van der Waals surface area (Å²) in [5, 5.41) is 2.89. The van der Waals surface area contributed by atoms with Crippen LogP contribution >= 0.6 is 0 Å². The maximum atomic E-state index is 12.3. The molecule has 0 heterocycles. The van der Waals surface area contributed by atoms with Crippen LogP contribution < -0.4 is 11.1 Å². The number of hydrogen-bond donors (Lipinski definition) is 2. The monoisotopic (exact) mass is 255 g/mol. The van der Waals surface area contributed by atoms with Crippen molar-refractivity contribution in [1.29, 1.82) is 0 Å². The van der Waals surface area contributed by atoms with Crippen LogP contribution in [-0.2, 0) is 9.59 Å². The minimum Gasteiger partial charge on any atom is -0.355 e. The van der Waals surface area contributed by atoms with Gasteiger partial charge in [-0.05, 0) is 12.8 Å². The van der Waals surface area contributed by atoms with Gasteiger partial charge in [-0.1, -0.05) is 19.8 Å². The maximum Gasteiger partial charge on any atom is 0.230 e. The molecule has 0 spiro atoms. The molecule has 1 fully saturated rings. The molecule has 5 heteroatoms. The lowest BCUT2D eigenvalue weighted by Crippen LogP contribution is -2.47. The van der Waals surface area contributed by atoms with Crippen molar-refractivity contribution in [3.05, 3.63) is 0 Å². The van der Waals surface area contributed by atoms with Crippen LogP contribution in [0, 0.1) is 11.3 Å². The first kappa shape index (κ1) is 15.0. The maximum absolute atomic E-state index is 12.3. The van der Waals surface area contributed by atoms with E-state index in [0.717, 1.165) is 25.7 Å². The number of nitrogens with zero attached hydrogens (tertiary/aromatic N) is 1. The summed E-state index contributed by atoms with van der Waals surface area (Å²) in [7, 11) is 3.54. The topological polar surface area (TPSA) is 75.4 Å². The Balaban J connectivity index is 2.64. The van der Waals surface area contributed by atoms with Gasteiger partial charge in [-0.2, -0.15) is 0 Å². The van der Waals surface area contributed by atoms with Crippen LogP contribution in [0.3, 0.4) is 0 Å². The third-order valence-corrected chi connectivity index (χ3v) is 3.82. The van der Waals surface area contributed by atoms with Gasteiger partial charge in [0.2, 0.25) is 11.8 Å². The van der Waals surface area contributed by atoms with Gasteiger partial charge in [-0.15, -0.1) is 0 Å². The number of nitrogens with two attached hydrogens (primary N) is 1.